The van der Waals surface area contributed by atoms with Crippen molar-refractivity contribution in [2.24, 2.45) is 5.41 Å². The zero-order valence-electron chi connectivity index (χ0n) is 42.8. The lowest BCUT2D eigenvalue weighted by Crippen LogP contribution is -2.39. The summed E-state index contributed by atoms with van der Waals surface area (Å²) in [6.45, 7) is 19.3. The van der Waals surface area contributed by atoms with Gasteiger partial charge in [0.05, 0.1) is 32.3 Å². The number of nitrogens with zero attached hydrogens (tertiary/aromatic N) is 5. The number of nitrogens with one attached hydrogen (secondary N) is 2. The number of hydrogen-bond donors (Lipinski definition) is 2. The van der Waals surface area contributed by atoms with Crippen LogP contribution in [0.15, 0.2) is 67.3 Å². The molecule has 2 aromatic carbocycles. The van der Waals surface area contributed by atoms with Crippen molar-refractivity contribution in [2.45, 2.75) is 155 Å². The summed E-state index contributed by atoms with van der Waals surface area (Å²) in [5.41, 5.74) is 2.93. The summed E-state index contributed by atoms with van der Waals surface area (Å²) in [6, 6.07) is 17.4. The van der Waals surface area contributed by atoms with Gasteiger partial charge in [-0.05, 0) is 98.2 Å². The van der Waals surface area contributed by atoms with Crippen LogP contribution >= 0.6 is 30.1 Å². The van der Waals surface area contributed by atoms with Gasteiger partial charge in [0.1, 0.15) is 24.3 Å². The van der Waals surface area contributed by atoms with Crippen molar-refractivity contribution in [1.29, 1.82) is 0 Å². The van der Waals surface area contributed by atoms with Gasteiger partial charge in [-0.2, -0.15) is 0 Å². The van der Waals surface area contributed by atoms with Gasteiger partial charge in [0.25, 0.3) is 14.4 Å². The maximum atomic E-state index is 12.9. The number of unbranched alkanes of at least 4 members (excludes halogenated alkanes) is 1. The van der Waals surface area contributed by atoms with Crippen molar-refractivity contribution in [3.05, 3.63) is 78.4 Å². The summed E-state index contributed by atoms with van der Waals surface area (Å²) in [5.74, 6) is 1.39. The number of fused-ring (bicyclic) bond motifs is 1. The number of anilines is 1. The lowest BCUT2D eigenvalue weighted by molar-refractivity contribution is -0.235. The van der Waals surface area contributed by atoms with Gasteiger partial charge in [-0.1, -0.05) is 77.9 Å². The molecule has 4 heterocycles. The normalized spacial score (nSPS) is 20.4. The van der Waals surface area contributed by atoms with E-state index in [1.807, 2.05) is 64.1 Å². The Morgan fingerprint density at radius 1 is 0.986 bits per heavy atom. The van der Waals surface area contributed by atoms with Crippen molar-refractivity contribution < 1.29 is 43.7 Å². The van der Waals surface area contributed by atoms with Crippen LogP contribution < -0.4 is 15.4 Å². The highest BCUT2D eigenvalue weighted by Gasteiger charge is 2.48. The number of para-hydroxylation sites is 1. The summed E-state index contributed by atoms with van der Waals surface area (Å²) in [4.78, 5) is 39.1. The Balaban J connectivity index is 0.947. The number of ether oxygens (including phenoxy) is 5. The number of carbonyl (C=O) groups is 2. The van der Waals surface area contributed by atoms with E-state index in [0.29, 0.717) is 49.7 Å². The van der Waals surface area contributed by atoms with E-state index in [-0.39, 0.29) is 53.8 Å². The Kier molecular flexibility index (Phi) is 20.4. The first kappa shape index (κ1) is 53.4. The molecule has 69 heavy (non-hydrogen) atoms. The minimum atomic E-state index is -1.59. The van der Waals surface area contributed by atoms with Crippen LogP contribution in [0, 0.1) is 5.41 Å². The summed E-state index contributed by atoms with van der Waals surface area (Å²) in [6.07, 6.45) is 4.98. The third kappa shape index (κ3) is 15.3. The van der Waals surface area contributed by atoms with Crippen molar-refractivity contribution in [3.8, 4) is 5.75 Å². The van der Waals surface area contributed by atoms with E-state index in [9.17, 15) is 9.59 Å². The molecule has 0 bridgehead atoms. The standard InChI is InChI=1S/C50H74N7O9PS2/c1-11-50(12-2)30-62-48(63-31-50)38-22-20-37(21-23-38)28-51-40(58)24-25-49(8,9)69-68-27-17-16-26-64-67(57(34(3)4)35(5)6)66-43-36(7)65-47(44(43)60-10)56-33-54-42-45(52-32-53-46(42)56)55-41(59)29-61-39-18-14-13-15-19-39/h13-15,18-23,32-36,43-44,47-48H,11-12,16-17,24-31H2,1-10H3,(H,51,58)(H,52,53,55,59)/t36-,43?,44+,47-,67?/m1/s1/i7D. The predicted molar refractivity (Wildman–Crippen MR) is 275 cm³/mol. The minimum absolute atomic E-state index is 0.0440. The SMILES string of the molecule is [2H]C[C@H]1O[C@@H](n2cnc3c(NC(=O)COc4ccccc4)ncnc32)[C@@H](OC)C1OP(OCCCCSSC(C)(C)CCC(=O)NCc1ccc(C2OCC(CC)(CC)CO2)cc1)N(C(C)C)C(C)C. The first-order valence-corrected chi connectivity index (χ1v) is 27.5. The van der Waals surface area contributed by atoms with Gasteiger partial charge in [0.2, 0.25) is 5.91 Å². The van der Waals surface area contributed by atoms with E-state index in [1.54, 1.807) is 30.1 Å². The van der Waals surface area contributed by atoms with Crippen molar-refractivity contribution in [2.75, 3.05) is 44.6 Å². The fourth-order valence-electron chi connectivity index (χ4n) is 8.09. The quantitative estimate of drug-likeness (QED) is 0.0328. The maximum Gasteiger partial charge on any atom is 0.263 e. The molecule has 4 aromatic rings. The number of methoxy groups -OCH3 is 1. The molecule has 2 fully saturated rings. The highest BCUT2D eigenvalue weighted by molar-refractivity contribution is 8.77. The second-order valence-electron chi connectivity index (χ2n) is 18.7. The van der Waals surface area contributed by atoms with Crippen molar-refractivity contribution in [3.63, 3.8) is 0 Å². The molecule has 0 spiro atoms. The highest BCUT2D eigenvalue weighted by Crippen LogP contribution is 2.51. The number of imidazole rings is 1. The molecule has 19 heteroatoms. The lowest BCUT2D eigenvalue weighted by Gasteiger charge is -2.39. The topological polar surface area (TPSA) is 170 Å². The molecule has 5 atom stereocenters. The molecule has 2 aliphatic heterocycles. The highest BCUT2D eigenvalue weighted by atomic mass is 33.1. The van der Waals surface area contributed by atoms with Gasteiger partial charge >= 0.3 is 0 Å². The number of amides is 2. The Labute approximate surface area is 419 Å². The molecular formula is C50H74N7O9PS2. The van der Waals surface area contributed by atoms with E-state index >= 15 is 0 Å². The first-order chi connectivity index (χ1) is 33.7. The molecule has 2 saturated heterocycles. The van der Waals surface area contributed by atoms with E-state index in [4.69, 9.17) is 34.1 Å². The zero-order chi connectivity index (χ0) is 50.3. The van der Waals surface area contributed by atoms with Crippen LogP contribution in [0.3, 0.4) is 0 Å². The number of aromatic nitrogens is 4. The third-order valence-corrected chi connectivity index (χ3v) is 18.0. The molecule has 0 aliphatic carbocycles. The molecule has 2 amide bonds. The lowest BCUT2D eigenvalue weighted by atomic mass is 9.83. The Morgan fingerprint density at radius 2 is 1.71 bits per heavy atom. The first-order valence-electron chi connectivity index (χ1n) is 24.8. The van der Waals surface area contributed by atoms with Crippen molar-refractivity contribution in [1.82, 2.24) is 29.5 Å². The van der Waals surface area contributed by atoms with Gasteiger partial charge in [0, 0.05) is 55.0 Å². The van der Waals surface area contributed by atoms with Gasteiger partial charge in [-0.15, -0.1) is 0 Å². The molecule has 2 aromatic heterocycles. The molecule has 2 unspecified atom stereocenters. The minimum Gasteiger partial charge on any atom is -0.484 e. The zero-order valence-corrected chi connectivity index (χ0v) is 44.3. The number of hydrogen-bond acceptors (Lipinski definition) is 15. The fraction of sp³-hybridized carbons (Fsp3) is 0.620. The second kappa shape index (κ2) is 26.3. The second-order valence-corrected chi connectivity index (χ2v) is 23.3. The van der Waals surface area contributed by atoms with Crippen LogP contribution in [-0.2, 0) is 44.1 Å². The third-order valence-electron chi connectivity index (χ3n) is 12.4. The van der Waals surface area contributed by atoms with Crippen molar-refractivity contribution >= 4 is 58.9 Å². The molecule has 380 valence electrons. The molecule has 0 saturated carbocycles. The van der Waals surface area contributed by atoms with E-state index in [1.165, 1.54) is 6.33 Å². The summed E-state index contributed by atoms with van der Waals surface area (Å²) < 4.78 is 56.3. The fourth-order valence-corrected chi connectivity index (χ4v) is 12.6. The number of carbonyl (C=O) groups excluding carboxylic acids is 2. The number of rotatable bonds is 27. The van der Waals surface area contributed by atoms with E-state index in [0.717, 1.165) is 49.0 Å². The van der Waals surface area contributed by atoms with Crippen LogP contribution in [0.25, 0.3) is 11.2 Å². The van der Waals surface area contributed by atoms with E-state index < -0.39 is 39.0 Å². The van der Waals surface area contributed by atoms with E-state index in [2.05, 4.69) is 85.6 Å². The monoisotopic (exact) mass is 1010 g/mol. The molecule has 6 rings (SSSR count). The predicted octanol–water partition coefficient (Wildman–Crippen LogP) is 10.4. The molecule has 16 nitrogen and oxygen atoms in total. The summed E-state index contributed by atoms with van der Waals surface area (Å²) >= 11 is 0. The largest absolute Gasteiger partial charge is 0.484 e. The van der Waals surface area contributed by atoms with Gasteiger partial charge in [0.15, 0.2) is 36.1 Å². The summed E-state index contributed by atoms with van der Waals surface area (Å²) in [5, 5.41) is 5.88. The summed E-state index contributed by atoms with van der Waals surface area (Å²) in [7, 11) is 3.66. The maximum absolute atomic E-state index is 12.9. The molecular weight excluding hydrogens is 938 g/mol. The number of benzene rings is 2. The van der Waals surface area contributed by atoms with Crippen LogP contribution in [0.2, 0.25) is 0 Å². The van der Waals surface area contributed by atoms with Crippen LogP contribution in [0.5, 0.6) is 5.75 Å². The molecule has 0 radical (unpaired) electrons. The Bertz CT molecular complexity index is 2210. The van der Waals surface area contributed by atoms with Gasteiger partial charge in [-0.25, -0.2) is 19.6 Å². The molecule has 2 N–H and O–H groups in total. The van der Waals surface area contributed by atoms with Gasteiger partial charge in [-0.3, -0.25) is 14.2 Å². The van der Waals surface area contributed by atoms with Gasteiger partial charge < -0.3 is 43.4 Å². The Morgan fingerprint density at radius 3 is 2.38 bits per heavy atom. The van der Waals surface area contributed by atoms with Crippen LogP contribution in [0.4, 0.5) is 5.82 Å². The van der Waals surface area contributed by atoms with Crippen LogP contribution in [0.1, 0.15) is 126 Å². The Hall–Kier alpha value is -3.42. The smallest absolute Gasteiger partial charge is 0.263 e. The van der Waals surface area contributed by atoms with Crippen LogP contribution in [-0.4, -0.2) is 110 Å². The average molecular weight is 1010 g/mol. The molecule has 2 aliphatic rings. The average Bonchev–Trinajstić information content (AvgIpc) is 3.95.